The second-order valence-electron chi connectivity index (χ2n) is 7.11. The fourth-order valence-corrected chi connectivity index (χ4v) is 3.82. The summed E-state index contributed by atoms with van der Waals surface area (Å²) in [6, 6.07) is 9.24. The third kappa shape index (κ3) is 4.66. The number of nitrogens with zero attached hydrogens (tertiary/aromatic N) is 2. The molecule has 0 unspecified atom stereocenters. The van der Waals surface area contributed by atoms with Crippen LogP contribution in [-0.2, 0) is 16.1 Å². The summed E-state index contributed by atoms with van der Waals surface area (Å²) in [6.45, 7) is 0.443. The molecular formula is C21H25ClN4O4. The lowest BCUT2D eigenvalue weighted by atomic mass is 9.98. The molecule has 1 aromatic carbocycles. The van der Waals surface area contributed by atoms with E-state index in [-0.39, 0.29) is 37.1 Å². The van der Waals surface area contributed by atoms with E-state index in [2.05, 4.69) is 4.98 Å². The predicted octanol–water partition coefficient (Wildman–Crippen LogP) is 2.21. The number of rotatable bonds is 7. The molecule has 3 N–H and O–H groups in total. The van der Waals surface area contributed by atoms with Crippen molar-refractivity contribution in [1.82, 2.24) is 9.55 Å². The van der Waals surface area contributed by atoms with E-state index >= 15 is 0 Å². The molecule has 0 spiro atoms. The zero-order valence-corrected chi connectivity index (χ0v) is 17.6. The monoisotopic (exact) mass is 432 g/mol. The van der Waals surface area contributed by atoms with Crippen molar-refractivity contribution >= 4 is 29.0 Å². The van der Waals surface area contributed by atoms with Crippen LogP contribution in [0.15, 0.2) is 50.5 Å². The minimum Gasteiger partial charge on any atom is -0.383 e. The molecule has 1 aliphatic carbocycles. The Morgan fingerprint density at radius 2 is 1.93 bits per heavy atom. The number of nitrogens with one attached hydrogen (secondary N) is 1. The highest BCUT2D eigenvalue weighted by Crippen LogP contribution is 2.30. The average Bonchev–Trinajstić information content (AvgIpc) is 2.74. The van der Waals surface area contributed by atoms with Crippen LogP contribution < -0.4 is 21.9 Å². The number of carbonyl (C=O) groups is 1. The summed E-state index contributed by atoms with van der Waals surface area (Å²) in [4.78, 5) is 42.0. The molecule has 0 fully saturated rings. The number of methoxy groups -OCH3 is 1. The van der Waals surface area contributed by atoms with Crippen LogP contribution in [0, 0.1) is 0 Å². The number of ether oxygens (including phenoxy) is 1. The number of amides is 1. The molecule has 0 atom stereocenters. The second-order valence-corrected chi connectivity index (χ2v) is 7.56. The van der Waals surface area contributed by atoms with Crippen LogP contribution in [0.4, 0.5) is 11.5 Å². The first-order valence-corrected chi connectivity index (χ1v) is 10.2. The van der Waals surface area contributed by atoms with Crippen molar-refractivity contribution in [1.29, 1.82) is 0 Å². The van der Waals surface area contributed by atoms with Crippen LogP contribution in [-0.4, -0.2) is 35.7 Å². The molecule has 1 aliphatic rings. The lowest BCUT2D eigenvalue weighted by Gasteiger charge is -2.27. The number of hydrogen-bond donors (Lipinski definition) is 2. The van der Waals surface area contributed by atoms with Crippen LogP contribution in [0.2, 0.25) is 0 Å². The number of carbonyl (C=O) groups excluding carboxylic acids is 1. The largest absolute Gasteiger partial charge is 0.383 e. The first-order chi connectivity index (χ1) is 14.4. The Balaban J connectivity index is 2.09. The number of aromatic amines is 1. The van der Waals surface area contributed by atoms with Crippen molar-refractivity contribution in [2.75, 3.05) is 30.9 Å². The molecule has 30 heavy (non-hydrogen) atoms. The third-order valence-electron chi connectivity index (χ3n) is 5.09. The summed E-state index contributed by atoms with van der Waals surface area (Å²) in [5.41, 5.74) is 6.13. The van der Waals surface area contributed by atoms with E-state index in [0.29, 0.717) is 23.4 Å². The lowest BCUT2D eigenvalue weighted by Crippen LogP contribution is -2.43. The van der Waals surface area contributed by atoms with Crippen molar-refractivity contribution in [3.63, 3.8) is 0 Å². The molecule has 3 rings (SSSR count). The van der Waals surface area contributed by atoms with Crippen molar-refractivity contribution in [2.45, 2.75) is 32.2 Å². The predicted molar refractivity (Wildman–Crippen MR) is 117 cm³/mol. The Bertz CT molecular complexity index is 1060. The minimum atomic E-state index is -0.723. The molecule has 160 valence electrons. The molecule has 0 saturated heterocycles. The van der Waals surface area contributed by atoms with Crippen LogP contribution in [0.1, 0.15) is 31.2 Å². The summed E-state index contributed by atoms with van der Waals surface area (Å²) in [5.74, 6) is -0.469. The maximum Gasteiger partial charge on any atom is 0.330 e. The molecule has 0 radical (unpaired) electrons. The van der Waals surface area contributed by atoms with Crippen LogP contribution >= 0.6 is 11.6 Å². The fourth-order valence-electron chi connectivity index (χ4n) is 3.51. The highest BCUT2D eigenvalue weighted by Gasteiger charge is 2.28. The molecule has 0 aliphatic heterocycles. The Hall–Kier alpha value is -2.84. The molecule has 0 saturated carbocycles. The van der Waals surface area contributed by atoms with E-state index in [1.54, 1.807) is 0 Å². The van der Waals surface area contributed by atoms with E-state index in [0.717, 1.165) is 18.4 Å². The number of benzene rings is 1. The standard InChI is InChI=1S/C21H25ClN4O4/c1-30-12-11-25(20(28)15-9-5-6-10-16(15)22)17-18(23)26(21(29)24-19(17)27)13-14-7-3-2-4-8-14/h2-4,7-8H,5-6,9-13,23H2,1H3,(H,24,27,29). The Morgan fingerprint density at radius 3 is 2.60 bits per heavy atom. The first kappa shape index (κ1) is 21.9. The van der Waals surface area contributed by atoms with Gasteiger partial charge in [0.25, 0.3) is 11.5 Å². The molecular weight excluding hydrogens is 408 g/mol. The summed E-state index contributed by atoms with van der Waals surface area (Å²) in [7, 11) is 1.50. The Labute approximate surface area is 178 Å². The van der Waals surface area contributed by atoms with Gasteiger partial charge in [-0.1, -0.05) is 41.9 Å². The number of nitrogens with two attached hydrogens (primary N) is 1. The van der Waals surface area contributed by atoms with Crippen molar-refractivity contribution < 1.29 is 9.53 Å². The van der Waals surface area contributed by atoms with E-state index in [1.165, 1.54) is 16.6 Å². The lowest BCUT2D eigenvalue weighted by molar-refractivity contribution is -0.115. The van der Waals surface area contributed by atoms with Gasteiger partial charge in [-0.3, -0.25) is 24.0 Å². The number of hydrogen-bond acceptors (Lipinski definition) is 5. The van der Waals surface area contributed by atoms with Gasteiger partial charge in [-0.2, -0.15) is 0 Å². The number of halogens is 1. The van der Waals surface area contributed by atoms with Gasteiger partial charge < -0.3 is 10.5 Å². The minimum absolute atomic E-state index is 0.0740. The van der Waals surface area contributed by atoms with Gasteiger partial charge in [0.05, 0.1) is 13.2 Å². The quantitative estimate of drug-likeness (QED) is 0.696. The molecule has 2 aromatic rings. The van der Waals surface area contributed by atoms with Gasteiger partial charge in [-0.15, -0.1) is 0 Å². The molecule has 1 aromatic heterocycles. The smallest absolute Gasteiger partial charge is 0.330 e. The summed E-state index contributed by atoms with van der Waals surface area (Å²) in [5, 5.41) is 0.501. The van der Waals surface area contributed by atoms with E-state index in [1.807, 2.05) is 30.3 Å². The van der Waals surface area contributed by atoms with E-state index in [9.17, 15) is 14.4 Å². The summed E-state index contributed by atoms with van der Waals surface area (Å²) in [6.07, 6.45) is 2.91. The van der Waals surface area contributed by atoms with Crippen LogP contribution in [0.25, 0.3) is 0 Å². The van der Waals surface area contributed by atoms with Crippen molar-refractivity contribution in [2.24, 2.45) is 0 Å². The van der Waals surface area contributed by atoms with Crippen LogP contribution in [0.5, 0.6) is 0 Å². The topological polar surface area (TPSA) is 110 Å². The molecule has 1 amide bonds. The molecule has 9 heteroatoms. The van der Waals surface area contributed by atoms with Crippen molar-refractivity contribution in [3.8, 4) is 0 Å². The van der Waals surface area contributed by atoms with E-state index < -0.39 is 11.2 Å². The van der Waals surface area contributed by atoms with Gasteiger partial charge >= 0.3 is 5.69 Å². The number of allylic oxidation sites excluding steroid dienone is 1. The van der Waals surface area contributed by atoms with Crippen LogP contribution in [0.3, 0.4) is 0 Å². The highest BCUT2D eigenvalue weighted by molar-refractivity contribution is 6.32. The highest BCUT2D eigenvalue weighted by atomic mass is 35.5. The van der Waals surface area contributed by atoms with Crippen molar-refractivity contribution in [3.05, 3.63) is 67.3 Å². The summed E-state index contributed by atoms with van der Waals surface area (Å²) >= 11 is 6.31. The third-order valence-corrected chi connectivity index (χ3v) is 5.51. The van der Waals surface area contributed by atoms with Gasteiger partial charge in [-0.25, -0.2) is 4.79 Å². The number of H-pyrrole nitrogens is 1. The molecule has 8 nitrogen and oxygen atoms in total. The Kier molecular flexibility index (Phi) is 7.12. The normalized spacial score (nSPS) is 14.1. The number of anilines is 2. The van der Waals surface area contributed by atoms with E-state index in [4.69, 9.17) is 22.1 Å². The number of nitrogen functional groups attached to an aromatic ring is 1. The second kappa shape index (κ2) is 9.77. The van der Waals surface area contributed by atoms with Gasteiger partial charge in [0, 0.05) is 24.3 Å². The summed E-state index contributed by atoms with van der Waals surface area (Å²) < 4.78 is 6.37. The van der Waals surface area contributed by atoms with Gasteiger partial charge in [-0.05, 0) is 31.2 Å². The zero-order chi connectivity index (χ0) is 21.7. The molecule has 1 heterocycles. The SMILES string of the molecule is COCCN(C(=O)C1=C(Cl)CCCC1)c1c(N)n(Cc2ccccc2)c(=O)[nH]c1=O. The maximum absolute atomic E-state index is 13.3. The average molecular weight is 433 g/mol. The van der Waals surface area contributed by atoms with Gasteiger partial charge in [0.2, 0.25) is 0 Å². The molecule has 0 bridgehead atoms. The maximum atomic E-state index is 13.3. The van der Waals surface area contributed by atoms with Gasteiger partial charge in [0.1, 0.15) is 5.82 Å². The fraction of sp³-hybridized carbons (Fsp3) is 0.381. The Morgan fingerprint density at radius 1 is 1.23 bits per heavy atom. The zero-order valence-electron chi connectivity index (χ0n) is 16.8. The first-order valence-electron chi connectivity index (χ1n) is 9.79. The van der Waals surface area contributed by atoms with Gasteiger partial charge in [0.15, 0.2) is 5.69 Å². The number of aromatic nitrogens is 2.